The minimum Gasteiger partial charge on any atom is -0.478 e. The highest BCUT2D eigenvalue weighted by molar-refractivity contribution is 6.35. The molecule has 0 spiro atoms. The van der Waals surface area contributed by atoms with Gasteiger partial charge in [0.15, 0.2) is 0 Å². The summed E-state index contributed by atoms with van der Waals surface area (Å²) in [4.78, 5) is 15.0. The van der Waals surface area contributed by atoms with Gasteiger partial charge in [0.25, 0.3) is 0 Å². The second kappa shape index (κ2) is 8.75. The Morgan fingerprint density at radius 2 is 2.00 bits per heavy atom. The molecule has 0 bridgehead atoms. The van der Waals surface area contributed by atoms with Crippen LogP contribution in [0.3, 0.4) is 0 Å². The van der Waals surface area contributed by atoms with E-state index < -0.39 is 5.97 Å². The number of unbranched alkanes of at least 4 members (excludes halogenated alkanes) is 5. The number of aromatic nitrogens is 1. The second-order valence-electron chi connectivity index (χ2n) is 4.52. The van der Waals surface area contributed by atoms with E-state index in [-0.39, 0.29) is 10.6 Å². The zero-order chi connectivity index (χ0) is 14.1. The number of carbonyl (C=O) groups is 1. The summed E-state index contributed by atoms with van der Waals surface area (Å²) in [5.74, 6) is -0.579. The Balaban J connectivity index is 2.33. The molecule has 0 aromatic carbocycles. The van der Waals surface area contributed by atoms with E-state index >= 15 is 0 Å². The Morgan fingerprint density at radius 3 is 2.68 bits per heavy atom. The fraction of sp³-hybridized carbons (Fsp3) is 0.571. The SMILES string of the molecule is CCCCCCCCNc1nccc(C(=O)O)c1Cl. The Hall–Kier alpha value is -1.29. The molecule has 106 valence electrons. The van der Waals surface area contributed by atoms with Crippen LogP contribution in [0.2, 0.25) is 5.02 Å². The van der Waals surface area contributed by atoms with Crippen molar-refractivity contribution >= 4 is 23.4 Å². The average Bonchev–Trinajstić information content (AvgIpc) is 2.39. The maximum Gasteiger partial charge on any atom is 0.337 e. The molecule has 0 atom stereocenters. The van der Waals surface area contributed by atoms with Crippen molar-refractivity contribution < 1.29 is 9.90 Å². The Labute approximate surface area is 119 Å². The van der Waals surface area contributed by atoms with Crippen molar-refractivity contribution in [3.63, 3.8) is 0 Å². The predicted octanol–water partition coefficient (Wildman–Crippen LogP) is 4.21. The highest BCUT2D eigenvalue weighted by Crippen LogP contribution is 2.23. The first-order valence-corrected chi connectivity index (χ1v) is 7.16. The fourth-order valence-corrected chi connectivity index (χ4v) is 2.10. The first-order chi connectivity index (χ1) is 9.16. The van der Waals surface area contributed by atoms with Crippen molar-refractivity contribution in [2.75, 3.05) is 11.9 Å². The van der Waals surface area contributed by atoms with Crippen LogP contribution in [0, 0.1) is 0 Å². The molecule has 0 aliphatic rings. The van der Waals surface area contributed by atoms with Crippen LogP contribution < -0.4 is 5.32 Å². The molecule has 0 fully saturated rings. The van der Waals surface area contributed by atoms with Gasteiger partial charge in [-0.1, -0.05) is 50.6 Å². The van der Waals surface area contributed by atoms with Gasteiger partial charge >= 0.3 is 5.97 Å². The van der Waals surface area contributed by atoms with Gasteiger partial charge in [0.1, 0.15) is 5.82 Å². The van der Waals surface area contributed by atoms with Crippen molar-refractivity contribution in [1.82, 2.24) is 4.98 Å². The van der Waals surface area contributed by atoms with E-state index in [1.165, 1.54) is 44.4 Å². The number of hydrogen-bond acceptors (Lipinski definition) is 3. The van der Waals surface area contributed by atoms with Gasteiger partial charge in [-0.05, 0) is 12.5 Å². The largest absolute Gasteiger partial charge is 0.478 e. The van der Waals surface area contributed by atoms with Crippen LogP contribution >= 0.6 is 11.6 Å². The van der Waals surface area contributed by atoms with Gasteiger partial charge in [-0.3, -0.25) is 0 Å². The zero-order valence-corrected chi connectivity index (χ0v) is 12.0. The van der Waals surface area contributed by atoms with Crippen LogP contribution in [0.1, 0.15) is 55.8 Å². The fourth-order valence-electron chi connectivity index (χ4n) is 1.84. The number of carboxylic acid groups (broad SMARTS) is 1. The summed E-state index contributed by atoms with van der Waals surface area (Å²) in [5.41, 5.74) is 0.0853. The van der Waals surface area contributed by atoms with Gasteiger partial charge in [-0.25, -0.2) is 9.78 Å². The van der Waals surface area contributed by atoms with Gasteiger partial charge < -0.3 is 10.4 Å². The number of pyridine rings is 1. The lowest BCUT2D eigenvalue weighted by atomic mass is 10.1. The van der Waals surface area contributed by atoms with Crippen molar-refractivity contribution in [1.29, 1.82) is 0 Å². The van der Waals surface area contributed by atoms with Crippen molar-refractivity contribution in [3.05, 3.63) is 22.8 Å². The minimum absolute atomic E-state index is 0.0853. The molecule has 1 rings (SSSR count). The zero-order valence-electron chi connectivity index (χ0n) is 11.3. The third-order valence-electron chi connectivity index (χ3n) is 2.94. The van der Waals surface area contributed by atoms with E-state index in [1.54, 1.807) is 0 Å². The van der Waals surface area contributed by atoms with Gasteiger partial charge in [-0.15, -0.1) is 0 Å². The van der Waals surface area contributed by atoms with Gasteiger partial charge in [0.2, 0.25) is 0 Å². The molecule has 1 aromatic heterocycles. The predicted molar refractivity (Wildman–Crippen MR) is 78.1 cm³/mol. The highest BCUT2D eigenvalue weighted by atomic mass is 35.5. The number of hydrogen-bond donors (Lipinski definition) is 2. The van der Waals surface area contributed by atoms with Gasteiger partial charge in [0.05, 0.1) is 10.6 Å². The highest BCUT2D eigenvalue weighted by Gasteiger charge is 2.12. The Kier molecular flexibility index (Phi) is 7.26. The number of anilines is 1. The second-order valence-corrected chi connectivity index (χ2v) is 4.90. The minimum atomic E-state index is -1.03. The molecule has 0 saturated heterocycles. The summed E-state index contributed by atoms with van der Waals surface area (Å²) in [6.45, 7) is 2.96. The lowest BCUT2D eigenvalue weighted by Crippen LogP contribution is -2.07. The van der Waals surface area contributed by atoms with E-state index in [0.717, 1.165) is 13.0 Å². The smallest absolute Gasteiger partial charge is 0.337 e. The van der Waals surface area contributed by atoms with Gasteiger partial charge in [0, 0.05) is 12.7 Å². The Bertz CT molecular complexity index is 410. The molecule has 1 aromatic rings. The van der Waals surface area contributed by atoms with Crippen molar-refractivity contribution in [2.24, 2.45) is 0 Å². The molecule has 0 amide bonds. The van der Waals surface area contributed by atoms with Gasteiger partial charge in [-0.2, -0.15) is 0 Å². The number of rotatable bonds is 9. The summed E-state index contributed by atoms with van der Waals surface area (Å²) < 4.78 is 0. The first kappa shape index (κ1) is 15.8. The van der Waals surface area contributed by atoms with Crippen molar-refractivity contribution in [2.45, 2.75) is 45.4 Å². The lowest BCUT2D eigenvalue weighted by Gasteiger charge is -2.08. The van der Waals surface area contributed by atoms with Crippen LogP contribution in [0.4, 0.5) is 5.82 Å². The Morgan fingerprint density at radius 1 is 1.32 bits per heavy atom. The van der Waals surface area contributed by atoms with E-state index in [2.05, 4.69) is 17.2 Å². The summed E-state index contributed by atoms with van der Waals surface area (Å²) in [6.07, 6.45) is 8.73. The molecule has 2 N–H and O–H groups in total. The molecule has 0 aliphatic heterocycles. The van der Waals surface area contributed by atoms with E-state index in [4.69, 9.17) is 16.7 Å². The quantitative estimate of drug-likeness (QED) is 0.667. The summed E-state index contributed by atoms with van der Waals surface area (Å²) in [7, 11) is 0. The molecule has 0 unspecified atom stereocenters. The molecular formula is C14H21ClN2O2. The van der Waals surface area contributed by atoms with E-state index in [1.807, 2.05) is 0 Å². The molecule has 4 nitrogen and oxygen atoms in total. The number of aromatic carboxylic acids is 1. The van der Waals surface area contributed by atoms with Crippen LogP contribution in [-0.2, 0) is 0 Å². The summed E-state index contributed by atoms with van der Waals surface area (Å²) >= 11 is 5.98. The first-order valence-electron chi connectivity index (χ1n) is 6.78. The van der Waals surface area contributed by atoms with Crippen LogP contribution in [0.25, 0.3) is 0 Å². The molecule has 19 heavy (non-hydrogen) atoms. The molecule has 0 radical (unpaired) electrons. The number of nitrogens with one attached hydrogen (secondary N) is 1. The normalized spacial score (nSPS) is 10.4. The van der Waals surface area contributed by atoms with Crippen LogP contribution in [-0.4, -0.2) is 22.6 Å². The van der Waals surface area contributed by atoms with E-state index in [9.17, 15) is 4.79 Å². The number of halogens is 1. The summed E-state index contributed by atoms with van der Waals surface area (Å²) in [5, 5.41) is 12.2. The topological polar surface area (TPSA) is 62.2 Å². The number of carboxylic acids is 1. The molecule has 5 heteroatoms. The molecular weight excluding hydrogens is 264 g/mol. The molecule has 1 heterocycles. The summed E-state index contributed by atoms with van der Waals surface area (Å²) in [6, 6.07) is 1.40. The monoisotopic (exact) mass is 284 g/mol. The van der Waals surface area contributed by atoms with Crippen LogP contribution in [0.15, 0.2) is 12.3 Å². The third kappa shape index (κ3) is 5.47. The maximum atomic E-state index is 10.9. The third-order valence-corrected chi connectivity index (χ3v) is 3.33. The van der Waals surface area contributed by atoms with E-state index in [0.29, 0.717) is 5.82 Å². The lowest BCUT2D eigenvalue weighted by molar-refractivity contribution is 0.0697. The molecule has 0 saturated carbocycles. The molecule has 0 aliphatic carbocycles. The standard InChI is InChI=1S/C14H21ClN2O2/c1-2-3-4-5-6-7-9-16-13-12(15)11(14(18)19)8-10-17-13/h8,10H,2-7,9H2,1H3,(H,16,17)(H,18,19). The maximum absolute atomic E-state index is 10.9. The average molecular weight is 285 g/mol. The van der Waals surface area contributed by atoms with Crippen LogP contribution in [0.5, 0.6) is 0 Å². The van der Waals surface area contributed by atoms with Crippen molar-refractivity contribution in [3.8, 4) is 0 Å². The number of nitrogens with zero attached hydrogens (tertiary/aromatic N) is 1.